The summed E-state index contributed by atoms with van der Waals surface area (Å²) in [5.41, 5.74) is 0.984. The Bertz CT molecular complexity index is 297. The Kier molecular flexibility index (Phi) is 2.14. The van der Waals surface area contributed by atoms with E-state index in [1.807, 2.05) is 13.0 Å². The number of aryl methyl sites for hydroxylation is 1. The average molecular weight is 179 g/mol. The fraction of sp³-hybridized carbons (Fsp3) is 0.556. The van der Waals surface area contributed by atoms with Crippen molar-refractivity contribution in [2.24, 2.45) is 5.92 Å². The van der Waals surface area contributed by atoms with E-state index < -0.39 is 0 Å². The van der Waals surface area contributed by atoms with Crippen molar-refractivity contribution in [3.8, 4) is 0 Å². The molecule has 0 aliphatic carbocycles. The third kappa shape index (κ3) is 1.62. The highest BCUT2D eigenvalue weighted by molar-refractivity contribution is 5.34. The minimum atomic E-state index is 0.266. The topological polar surface area (TPSA) is 49.2 Å². The molecular weight excluding hydrogens is 166 g/mol. The summed E-state index contributed by atoms with van der Waals surface area (Å²) in [7, 11) is 0. The van der Waals surface area contributed by atoms with Crippen molar-refractivity contribution in [1.29, 1.82) is 0 Å². The van der Waals surface area contributed by atoms with Gasteiger partial charge in [-0.1, -0.05) is 0 Å². The van der Waals surface area contributed by atoms with Crippen LogP contribution in [0.4, 0.5) is 5.95 Å². The molecule has 13 heavy (non-hydrogen) atoms. The molecule has 1 fully saturated rings. The molecule has 0 aromatic carbocycles. The van der Waals surface area contributed by atoms with Crippen molar-refractivity contribution in [3.63, 3.8) is 0 Å². The van der Waals surface area contributed by atoms with E-state index >= 15 is 0 Å². The highest BCUT2D eigenvalue weighted by Crippen LogP contribution is 2.19. The summed E-state index contributed by atoms with van der Waals surface area (Å²) in [6.45, 7) is 3.97. The largest absolute Gasteiger partial charge is 0.396 e. The number of rotatable bonds is 2. The van der Waals surface area contributed by atoms with Crippen molar-refractivity contribution in [2.45, 2.75) is 6.92 Å². The van der Waals surface area contributed by atoms with Crippen LogP contribution < -0.4 is 4.90 Å². The first kappa shape index (κ1) is 8.44. The van der Waals surface area contributed by atoms with Crippen LogP contribution >= 0.6 is 0 Å². The van der Waals surface area contributed by atoms with Crippen molar-refractivity contribution in [3.05, 3.63) is 18.0 Å². The molecule has 0 bridgehead atoms. The highest BCUT2D eigenvalue weighted by Gasteiger charge is 2.27. The van der Waals surface area contributed by atoms with Crippen molar-refractivity contribution >= 4 is 5.95 Å². The minimum Gasteiger partial charge on any atom is -0.396 e. The van der Waals surface area contributed by atoms with Gasteiger partial charge < -0.3 is 10.0 Å². The summed E-state index contributed by atoms with van der Waals surface area (Å²) in [6, 6.07) is 1.88. The van der Waals surface area contributed by atoms with Crippen LogP contribution in [-0.2, 0) is 0 Å². The highest BCUT2D eigenvalue weighted by atomic mass is 16.3. The third-order valence-electron chi connectivity index (χ3n) is 2.28. The monoisotopic (exact) mass is 179 g/mol. The lowest BCUT2D eigenvalue weighted by atomic mass is 10.0. The van der Waals surface area contributed by atoms with Crippen LogP contribution in [0.1, 0.15) is 5.69 Å². The number of hydrogen-bond donors (Lipinski definition) is 1. The molecule has 1 aromatic heterocycles. The summed E-state index contributed by atoms with van der Waals surface area (Å²) in [5, 5.41) is 8.84. The second-order valence-corrected chi connectivity index (χ2v) is 3.45. The quantitative estimate of drug-likeness (QED) is 0.705. The average Bonchev–Trinajstić information content (AvgIpc) is 2.02. The molecule has 1 aliphatic rings. The smallest absolute Gasteiger partial charge is 0.225 e. The van der Waals surface area contributed by atoms with E-state index in [4.69, 9.17) is 5.11 Å². The molecule has 0 radical (unpaired) electrons. The lowest BCUT2D eigenvalue weighted by Crippen LogP contribution is -2.49. The van der Waals surface area contributed by atoms with Gasteiger partial charge in [-0.25, -0.2) is 9.97 Å². The summed E-state index contributed by atoms with van der Waals surface area (Å²) in [4.78, 5) is 10.5. The number of aliphatic hydroxyl groups excluding tert-OH is 1. The Morgan fingerprint density at radius 2 is 2.38 bits per heavy atom. The second kappa shape index (κ2) is 3.30. The van der Waals surface area contributed by atoms with Gasteiger partial charge in [-0.05, 0) is 13.0 Å². The van der Waals surface area contributed by atoms with Gasteiger partial charge in [0.05, 0.1) is 0 Å². The van der Waals surface area contributed by atoms with Gasteiger partial charge in [0.1, 0.15) is 0 Å². The van der Waals surface area contributed by atoms with Gasteiger partial charge in [-0.2, -0.15) is 0 Å². The van der Waals surface area contributed by atoms with E-state index in [0.717, 1.165) is 24.7 Å². The Balaban J connectivity index is 2.03. The Labute approximate surface area is 77.2 Å². The van der Waals surface area contributed by atoms with Crippen molar-refractivity contribution < 1.29 is 5.11 Å². The number of nitrogens with zero attached hydrogens (tertiary/aromatic N) is 3. The lowest BCUT2D eigenvalue weighted by molar-refractivity contribution is 0.199. The lowest BCUT2D eigenvalue weighted by Gasteiger charge is -2.38. The van der Waals surface area contributed by atoms with Gasteiger partial charge in [0, 0.05) is 37.5 Å². The molecule has 0 amide bonds. The summed E-state index contributed by atoms with van der Waals surface area (Å²) in [6.07, 6.45) is 1.77. The fourth-order valence-corrected chi connectivity index (χ4v) is 1.44. The van der Waals surface area contributed by atoms with Crippen LogP contribution in [-0.4, -0.2) is 34.8 Å². The van der Waals surface area contributed by atoms with Crippen LogP contribution in [0.2, 0.25) is 0 Å². The van der Waals surface area contributed by atoms with E-state index in [2.05, 4.69) is 14.9 Å². The predicted molar refractivity (Wildman–Crippen MR) is 49.6 cm³/mol. The normalized spacial score (nSPS) is 17.2. The third-order valence-corrected chi connectivity index (χ3v) is 2.28. The molecule has 1 N–H and O–H groups in total. The summed E-state index contributed by atoms with van der Waals surface area (Å²) in [5.74, 6) is 1.19. The standard InChI is InChI=1S/C9H13N3O/c1-7-2-3-10-9(11-7)12-4-8(5-12)6-13/h2-3,8,13H,4-6H2,1H3. The van der Waals surface area contributed by atoms with Gasteiger partial charge in [0.2, 0.25) is 5.95 Å². The van der Waals surface area contributed by atoms with E-state index in [-0.39, 0.29) is 6.61 Å². The predicted octanol–water partition coefficient (Wildman–Crippen LogP) is 0.214. The Morgan fingerprint density at radius 1 is 1.62 bits per heavy atom. The van der Waals surface area contributed by atoms with Crippen LogP contribution in [0.3, 0.4) is 0 Å². The van der Waals surface area contributed by atoms with E-state index in [9.17, 15) is 0 Å². The van der Waals surface area contributed by atoms with Gasteiger partial charge >= 0.3 is 0 Å². The zero-order valence-corrected chi connectivity index (χ0v) is 7.64. The first-order valence-corrected chi connectivity index (χ1v) is 4.45. The molecule has 4 nitrogen and oxygen atoms in total. The number of aliphatic hydroxyl groups is 1. The van der Waals surface area contributed by atoms with Gasteiger partial charge in [0.25, 0.3) is 0 Å². The molecular formula is C9H13N3O. The van der Waals surface area contributed by atoms with Crippen LogP contribution in [0.15, 0.2) is 12.3 Å². The SMILES string of the molecule is Cc1ccnc(N2CC(CO)C2)n1. The van der Waals surface area contributed by atoms with Crippen LogP contribution in [0.5, 0.6) is 0 Å². The van der Waals surface area contributed by atoms with Crippen LogP contribution in [0.25, 0.3) is 0 Å². The Morgan fingerprint density at radius 3 is 3.00 bits per heavy atom. The maximum atomic E-state index is 8.84. The number of aromatic nitrogens is 2. The van der Waals surface area contributed by atoms with Crippen LogP contribution in [0, 0.1) is 12.8 Å². The first-order valence-electron chi connectivity index (χ1n) is 4.45. The Hall–Kier alpha value is -1.16. The van der Waals surface area contributed by atoms with Crippen molar-refractivity contribution in [2.75, 3.05) is 24.6 Å². The van der Waals surface area contributed by atoms with Crippen molar-refractivity contribution in [1.82, 2.24) is 9.97 Å². The van der Waals surface area contributed by atoms with Gasteiger partial charge in [-0.3, -0.25) is 0 Å². The molecule has 1 saturated heterocycles. The molecule has 2 rings (SSSR count). The molecule has 0 spiro atoms. The molecule has 1 aliphatic heterocycles. The molecule has 0 unspecified atom stereocenters. The van der Waals surface area contributed by atoms with E-state index in [0.29, 0.717) is 5.92 Å². The van der Waals surface area contributed by atoms with E-state index in [1.54, 1.807) is 6.20 Å². The zero-order chi connectivity index (χ0) is 9.26. The summed E-state index contributed by atoms with van der Waals surface area (Å²) < 4.78 is 0. The van der Waals surface area contributed by atoms with E-state index in [1.165, 1.54) is 0 Å². The fourth-order valence-electron chi connectivity index (χ4n) is 1.44. The first-order chi connectivity index (χ1) is 6.29. The number of anilines is 1. The molecule has 0 saturated carbocycles. The van der Waals surface area contributed by atoms with Gasteiger partial charge in [-0.15, -0.1) is 0 Å². The minimum absolute atomic E-state index is 0.266. The van der Waals surface area contributed by atoms with Gasteiger partial charge in [0.15, 0.2) is 0 Å². The molecule has 0 atom stereocenters. The molecule has 4 heteroatoms. The maximum absolute atomic E-state index is 8.84. The zero-order valence-electron chi connectivity index (χ0n) is 7.64. The molecule has 1 aromatic rings. The summed E-state index contributed by atoms with van der Waals surface area (Å²) >= 11 is 0. The molecule has 70 valence electrons. The maximum Gasteiger partial charge on any atom is 0.225 e. The number of hydrogen-bond acceptors (Lipinski definition) is 4. The molecule has 2 heterocycles. The second-order valence-electron chi connectivity index (χ2n) is 3.45.